The van der Waals surface area contributed by atoms with E-state index in [0.29, 0.717) is 5.92 Å². The maximum atomic E-state index is 13.1. The molecule has 9 atom stereocenters. The third-order valence-electron chi connectivity index (χ3n) is 6.83. The van der Waals surface area contributed by atoms with E-state index in [1.165, 1.54) is 43.9 Å². The molecule has 0 aromatic heterocycles. The van der Waals surface area contributed by atoms with Gasteiger partial charge in [-0.1, -0.05) is 39.0 Å². The smallest absolute Gasteiger partial charge is 0.237 e. The molecule has 0 radical (unpaired) electrons. The van der Waals surface area contributed by atoms with Gasteiger partial charge in [0.15, 0.2) is 0 Å². The molecule has 2 heterocycles. The molecule has 2 aliphatic rings. The first-order valence-corrected chi connectivity index (χ1v) is 13.9. The van der Waals surface area contributed by atoms with E-state index in [2.05, 4.69) is 17.6 Å². The molecule has 2 rings (SSSR count). The zero-order valence-corrected chi connectivity index (χ0v) is 21.3. The van der Waals surface area contributed by atoms with E-state index in [0.717, 1.165) is 25.8 Å². The van der Waals surface area contributed by atoms with Gasteiger partial charge in [0.25, 0.3) is 0 Å². The lowest BCUT2D eigenvalue weighted by Crippen LogP contribution is -2.55. The highest BCUT2D eigenvalue weighted by molar-refractivity contribution is 7.99. The van der Waals surface area contributed by atoms with E-state index >= 15 is 0 Å². The predicted molar refractivity (Wildman–Crippen MR) is 130 cm³/mol. The molecule has 5 N–H and O–H groups in total. The van der Waals surface area contributed by atoms with Crippen molar-refractivity contribution in [2.24, 2.45) is 5.92 Å². The molecule has 2 fully saturated rings. The van der Waals surface area contributed by atoms with E-state index in [4.69, 9.17) is 16.3 Å². The third kappa shape index (κ3) is 8.29. The predicted octanol–water partition coefficient (Wildman–Crippen LogP) is 2.39. The summed E-state index contributed by atoms with van der Waals surface area (Å²) in [4.78, 5) is 13.1. The summed E-state index contributed by atoms with van der Waals surface area (Å²) in [5.41, 5.74) is -0.716. The lowest BCUT2D eigenvalue weighted by molar-refractivity contribution is -0.125. The van der Waals surface area contributed by atoms with Crippen molar-refractivity contribution in [2.75, 3.05) is 12.8 Å². The van der Waals surface area contributed by atoms with Crippen molar-refractivity contribution >= 4 is 29.3 Å². The van der Waals surface area contributed by atoms with Crippen LogP contribution in [0.1, 0.15) is 71.6 Å². The van der Waals surface area contributed by atoms with Gasteiger partial charge in [0.1, 0.15) is 17.6 Å². The molecule has 0 bridgehead atoms. The Labute approximate surface area is 202 Å². The van der Waals surface area contributed by atoms with Crippen molar-refractivity contribution in [3.63, 3.8) is 0 Å². The molecule has 4 unspecified atom stereocenters. The molecule has 0 aromatic rings. The van der Waals surface area contributed by atoms with E-state index in [1.54, 1.807) is 13.2 Å². The molecule has 2 aliphatic heterocycles. The van der Waals surface area contributed by atoms with Crippen LogP contribution in [0.2, 0.25) is 0 Å². The SMILES string of the molecule is CCCCCC[C@@H]1CCN[C@H](C(=O)N[C@@H](C2CC(O)C(O)[C@@H](O)C(SC)O2)[C@H](C)Cl)CC1. The molecule has 0 aromatic carbocycles. The van der Waals surface area contributed by atoms with E-state index in [1.807, 2.05) is 0 Å². The number of rotatable bonds is 10. The second-order valence-corrected chi connectivity index (χ2v) is 11.0. The number of aliphatic hydroxyl groups excluding tert-OH is 3. The Morgan fingerprint density at radius 3 is 2.59 bits per heavy atom. The Balaban J connectivity index is 1.96. The van der Waals surface area contributed by atoms with Gasteiger partial charge in [-0.2, -0.15) is 0 Å². The van der Waals surface area contributed by atoms with Crippen LogP contribution in [0.5, 0.6) is 0 Å². The zero-order chi connectivity index (χ0) is 23.7. The van der Waals surface area contributed by atoms with Gasteiger partial charge in [-0.05, 0) is 44.9 Å². The van der Waals surface area contributed by atoms with Crippen molar-refractivity contribution in [1.82, 2.24) is 10.6 Å². The number of amides is 1. The van der Waals surface area contributed by atoms with Crippen LogP contribution in [0.3, 0.4) is 0 Å². The molecule has 32 heavy (non-hydrogen) atoms. The average molecular weight is 495 g/mol. The molecule has 9 heteroatoms. The Morgan fingerprint density at radius 2 is 1.94 bits per heavy atom. The Morgan fingerprint density at radius 1 is 1.19 bits per heavy atom. The number of hydrogen-bond acceptors (Lipinski definition) is 7. The minimum absolute atomic E-state index is 0.0786. The van der Waals surface area contributed by atoms with Gasteiger partial charge in [-0.25, -0.2) is 0 Å². The maximum absolute atomic E-state index is 13.1. The molecule has 0 aliphatic carbocycles. The highest BCUT2D eigenvalue weighted by atomic mass is 35.5. The van der Waals surface area contributed by atoms with Crippen LogP contribution < -0.4 is 10.6 Å². The van der Waals surface area contributed by atoms with Gasteiger partial charge in [-0.3, -0.25) is 4.79 Å². The third-order valence-corrected chi connectivity index (χ3v) is 7.96. The minimum Gasteiger partial charge on any atom is -0.390 e. The number of halogens is 1. The van der Waals surface area contributed by atoms with Crippen LogP contribution in [0.25, 0.3) is 0 Å². The van der Waals surface area contributed by atoms with Crippen LogP contribution in [-0.4, -0.2) is 81.3 Å². The largest absolute Gasteiger partial charge is 0.390 e. The summed E-state index contributed by atoms with van der Waals surface area (Å²) in [5, 5.41) is 36.7. The second kappa shape index (κ2) is 14.3. The Hall–Kier alpha value is -0.0900. The summed E-state index contributed by atoms with van der Waals surface area (Å²) in [6.07, 6.45) is 6.75. The highest BCUT2D eigenvalue weighted by Gasteiger charge is 2.42. The zero-order valence-electron chi connectivity index (χ0n) is 19.7. The lowest BCUT2D eigenvalue weighted by atomic mass is 9.92. The lowest BCUT2D eigenvalue weighted by Gasteiger charge is -2.32. The van der Waals surface area contributed by atoms with E-state index in [-0.39, 0.29) is 18.4 Å². The molecule has 7 nitrogen and oxygen atoms in total. The van der Waals surface area contributed by atoms with Gasteiger partial charge >= 0.3 is 0 Å². The van der Waals surface area contributed by atoms with Gasteiger partial charge in [0, 0.05) is 6.42 Å². The van der Waals surface area contributed by atoms with Crippen molar-refractivity contribution in [1.29, 1.82) is 0 Å². The average Bonchev–Trinajstić information content (AvgIpc) is 3.07. The summed E-state index contributed by atoms with van der Waals surface area (Å²) >= 11 is 7.69. The summed E-state index contributed by atoms with van der Waals surface area (Å²) in [6, 6.07) is -0.836. The number of carbonyl (C=O) groups is 1. The van der Waals surface area contributed by atoms with Gasteiger partial charge in [0.05, 0.1) is 29.7 Å². The molecule has 2 saturated heterocycles. The second-order valence-electron chi connectivity index (χ2n) is 9.36. The first-order valence-electron chi connectivity index (χ1n) is 12.2. The van der Waals surface area contributed by atoms with Crippen LogP contribution in [0.15, 0.2) is 0 Å². The fourth-order valence-corrected chi connectivity index (χ4v) is 5.67. The molecular formula is C23H43ClN2O5S. The molecular weight excluding hydrogens is 452 g/mol. The molecule has 188 valence electrons. The van der Waals surface area contributed by atoms with E-state index in [9.17, 15) is 20.1 Å². The summed E-state index contributed by atoms with van der Waals surface area (Å²) in [6.45, 7) is 4.82. The van der Waals surface area contributed by atoms with Gasteiger partial charge < -0.3 is 30.7 Å². The number of ether oxygens (including phenoxy) is 1. The number of unbranched alkanes of at least 4 members (excludes halogenated alkanes) is 3. The van der Waals surface area contributed by atoms with Crippen LogP contribution in [0.4, 0.5) is 0 Å². The van der Waals surface area contributed by atoms with Crippen molar-refractivity contribution in [3.8, 4) is 0 Å². The highest BCUT2D eigenvalue weighted by Crippen LogP contribution is 2.29. The number of aliphatic hydroxyl groups is 3. The number of nitrogens with one attached hydrogen (secondary N) is 2. The van der Waals surface area contributed by atoms with Crippen molar-refractivity contribution in [3.05, 3.63) is 0 Å². The number of alkyl halides is 1. The quantitative estimate of drug-likeness (QED) is 0.234. The van der Waals surface area contributed by atoms with Crippen LogP contribution >= 0.6 is 23.4 Å². The number of thioether (sulfide) groups is 1. The molecule has 0 spiro atoms. The topological polar surface area (TPSA) is 111 Å². The first-order chi connectivity index (χ1) is 15.3. The van der Waals surface area contributed by atoms with E-state index < -0.39 is 41.3 Å². The van der Waals surface area contributed by atoms with Crippen molar-refractivity contribution < 1.29 is 24.9 Å². The normalized spacial score (nSPS) is 36.0. The Kier molecular flexibility index (Phi) is 12.6. The fourth-order valence-electron chi connectivity index (χ4n) is 4.75. The summed E-state index contributed by atoms with van der Waals surface area (Å²) in [5.74, 6) is 0.545. The Bertz CT molecular complexity index is 558. The molecule has 0 saturated carbocycles. The summed E-state index contributed by atoms with van der Waals surface area (Å²) in [7, 11) is 0. The first kappa shape index (κ1) is 28.1. The van der Waals surface area contributed by atoms with Crippen LogP contribution in [0, 0.1) is 5.92 Å². The monoisotopic (exact) mass is 494 g/mol. The van der Waals surface area contributed by atoms with Gasteiger partial charge in [-0.15, -0.1) is 23.4 Å². The maximum Gasteiger partial charge on any atom is 0.237 e. The van der Waals surface area contributed by atoms with Crippen molar-refractivity contribution in [2.45, 2.75) is 119 Å². The standard InChI is InChI=1S/C23H43ClN2O5S/c1-4-5-6-7-8-15-9-10-16(25-12-11-15)22(30)26-19(14(2)24)18-13-17(27)20(28)21(29)23(31-18)32-3/h14-21,23,25,27-29H,4-13H2,1-3H3,(H,26,30)/t14-,15-,16-,17?,18?,19+,20?,21+,23?/m0/s1. The van der Waals surface area contributed by atoms with Crippen LogP contribution in [-0.2, 0) is 9.53 Å². The minimum atomic E-state index is -1.31. The number of hydrogen-bond donors (Lipinski definition) is 5. The summed E-state index contributed by atoms with van der Waals surface area (Å²) < 4.78 is 6.00. The van der Waals surface area contributed by atoms with Gasteiger partial charge in [0.2, 0.25) is 5.91 Å². The fraction of sp³-hybridized carbons (Fsp3) is 0.957. The number of carbonyl (C=O) groups excluding carboxylic acids is 1. The molecule has 1 amide bonds.